The quantitative estimate of drug-likeness (QED) is 0.449. The number of hydrogen-bond donors (Lipinski definition) is 0. The average molecular weight is 239 g/mol. The van der Waals surface area contributed by atoms with Gasteiger partial charge >= 0.3 is 0 Å². The van der Waals surface area contributed by atoms with Crippen molar-refractivity contribution in [2.75, 3.05) is 0 Å². The lowest BCUT2D eigenvalue weighted by molar-refractivity contribution is 0.204. The molecule has 0 N–H and O–H groups in total. The molecule has 0 saturated heterocycles. The average Bonchev–Trinajstić information content (AvgIpc) is 2.56. The predicted molar refractivity (Wildman–Crippen MR) is 56.7 cm³/mol. The molecule has 6 unspecified atom stereocenters. The van der Waals surface area contributed by atoms with Crippen LogP contribution in [0.1, 0.15) is 25.7 Å². The van der Waals surface area contributed by atoms with Crippen molar-refractivity contribution in [3.8, 4) is 0 Å². The van der Waals surface area contributed by atoms with Crippen molar-refractivity contribution in [2.24, 2.45) is 29.1 Å². The summed E-state index contributed by atoms with van der Waals surface area (Å²) in [6, 6.07) is 0. The zero-order chi connectivity index (χ0) is 8.63. The highest BCUT2D eigenvalue weighted by molar-refractivity contribution is 9.09. The summed E-state index contributed by atoms with van der Waals surface area (Å²) < 4.78 is 0. The maximum absolute atomic E-state index is 3.84. The zero-order valence-electron chi connectivity index (χ0n) is 7.75. The largest absolute Gasteiger partial charge is 0.0890 e. The first-order chi connectivity index (χ1) is 6.30. The molecular weight excluding hydrogens is 224 g/mol. The van der Waals surface area contributed by atoms with E-state index in [1.165, 1.54) is 19.3 Å². The summed E-state index contributed by atoms with van der Waals surface area (Å²) in [5, 5.41) is 0. The van der Waals surface area contributed by atoms with Crippen molar-refractivity contribution in [3.63, 3.8) is 0 Å². The van der Waals surface area contributed by atoms with Gasteiger partial charge in [-0.05, 0) is 54.8 Å². The van der Waals surface area contributed by atoms with Crippen molar-refractivity contribution in [2.45, 2.75) is 30.5 Å². The minimum atomic E-state index is 0.837. The summed E-state index contributed by atoms with van der Waals surface area (Å²) in [5.74, 6) is 4.11. The first-order valence-electron chi connectivity index (χ1n) is 5.63. The molecular formula is C12H15Br. The molecule has 4 rings (SSSR count). The molecule has 70 valence electrons. The van der Waals surface area contributed by atoms with Crippen molar-refractivity contribution >= 4 is 15.9 Å². The Hall–Kier alpha value is 0.220. The maximum atomic E-state index is 3.84. The van der Waals surface area contributed by atoms with Gasteiger partial charge in [0, 0.05) is 4.83 Å². The third-order valence-corrected chi connectivity index (χ3v) is 6.01. The number of hydrogen-bond acceptors (Lipinski definition) is 0. The van der Waals surface area contributed by atoms with Crippen molar-refractivity contribution in [1.29, 1.82) is 0 Å². The van der Waals surface area contributed by atoms with Crippen LogP contribution in [0.5, 0.6) is 0 Å². The van der Waals surface area contributed by atoms with Gasteiger partial charge in [0.2, 0.25) is 0 Å². The summed E-state index contributed by atoms with van der Waals surface area (Å²) >= 11 is 3.84. The smallest absolute Gasteiger partial charge is 0.0151 e. The molecule has 0 aromatic rings. The maximum Gasteiger partial charge on any atom is 0.0151 e. The van der Waals surface area contributed by atoms with Crippen LogP contribution in [-0.2, 0) is 0 Å². The molecule has 0 aromatic carbocycles. The molecule has 4 aliphatic rings. The van der Waals surface area contributed by atoms with Crippen LogP contribution < -0.4 is 0 Å². The molecule has 0 heterocycles. The van der Waals surface area contributed by atoms with Gasteiger partial charge in [-0.1, -0.05) is 28.1 Å². The fraction of sp³-hybridized carbons (Fsp3) is 0.833. The number of halogens is 1. The van der Waals surface area contributed by atoms with Crippen LogP contribution in [0, 0.1) is 29.1 Å². The van der Waals surface area contributed by atoms with Gasteiger partial charge in [0.1, 0.15) is 0 Å². The lowest BCUT2D eigenvalue weighted by Gasteiger charge is -2.35. The normalized spacial score (nSPS) is 66.4. The van der Waals surface area contributed by atoms with Crippen LogP contribution in [0.2, 0.25) is 0 Å². The van der Waals surface area contributed by atoms with Gasteiger partial charge in [0.05, 0.1) is 0 Å². The third kappa shape index (κ3) is 0.716. The van der Waals surface area contributed by atoms with Crippen LogP contribution in [0.25, 0.3) is 0 Å². The van der Waals surface area contributed by atoms with Crippen LogP contribution >= 0.6 is 15.9 Å². The first-order valence-corrected chi connectivity index (χ1v) is 6.54. The monoisotopic (exact) mass is 238 g/mol. The molecule has 6 atom stereocenters. The van der Waals surface area contributed by atoms with Crippen molar-refractivity contribution in [1.82, 2.24) is 0 Å². The fourth-order valence-corrected chi connectivity index (χ4v) is 5.61. The molecule has 2 bridgehead atoms. The van der Waals surface area contributed by atoms with Gasteiger partial charge in [0.15, 0.2) is 0 Å². The van der Waals surface area contributed by atoms with E-state index in [0.717, 1.165) is 33.9 Å². The van der Waals surface area contributed by atoms with E-state index in [4.69, 9.17) is 0 Å². The Balaban J connectivity index is 1.79. The Morgan fingerprint density at radius 1 is 1.15 bits per heavy atom. The molecule has 0 nitrogen and oxygen atoms in total. The molecule has 0 aliphatic heterocycles. The highest BCUT2D eigenvalue weighted by Crippen LogP contribution is 2.77. The number of alkyl halides is 1. The van der Waals surface area contributed by atoms with Crippen LogP contribution in [-0.4, -0.2) is 4.83 Å². The van der Waals surface area contributed by atoms with Crippen LogP contribution in [0.15, 0.2) is 12.2 Å². The van der Waals surface area contributed by atoms with Gasteiger partial charge < -0.3 is 0 Å². The molecule has 3 saturated carbocycles. The van der Waals surface area contributed by atoms with Gasteiger partial charge in [-0.2, -0.15) is 0 Å². The Morgan fingerprint density at radius 3 is 3.00 bits per heavy atom. The van der Waals surface area contributed by atoms with E-state index in [-0.39, 0.29) is 0 Å². The fourth-order valence-electron chi connectivity index (χ4n) is 4.75. The molecule has 1 spiro atoms. The van der Waals surface area contributed by atoms with E-state index < -0.39 is 0 Å². The highest BCUT2D eigenvalue weighted by Gasteiger charge is 2.70. The molecule has 0 amide bonds. The van der Waals surface area contributed by atoms with E-state index in [1.807, 2.05) is 0 Å². The third-order valence-electron chi connectivity index (χ3n) is 5.26. The van der Waals surface area contributed by atoms with E-state index in [9.17, 15) is 0 Å². The second-order valence-corrected chi connectivity index (χ2v) is 6.87. The van der Waals surface area contributed by atoms with Gasteiger partial charge in [-0.3, -0.25) is 0 Å². The Labute approximate surface area is 87.9 Å². The second kappa shape index (κ2) is 2.08. The summed E-state index contributed by atoms with van der Waals surface area (Å²) in [4.78, 5) is 0.839. The SMILES string of the molecule is BrC1CC2CC23C2C=CC(C2)C3C1. The van der Waals surface area contributed by atoms with Crippen LogP contribution in [0.3, 0.4) is 0 Å². The lowest BCUT2D eigenvalue weighted by atomic mass is 9.72. The Bertz CT molecular complexity index is 295. The van der Waals surface area contributed by atoms with E-state index in [1.54, 1.807) is 6.42 Å². The van der Waals surface area contributed by atoms with E-state index in [2.05, 4.69) is 28.1 Å². The molecule has 4 aliphatic carbocycles. The van der Waals surface area contributed by atoms with Crippen molar-refractivity contribution < 1.29 is 0 Å². The minimum Gasteiger partial charge on any atom is -0.0890 e. The van der Waals surface area contributed by atoms with E-state index >= 15 is 0 Å². The minimum absolute atomic E-state index is 0.837. The predicted octanol–water partition coefficient (Wildman–Crippen LogP) is 3.37. The number of fused-ring (bicyclic) bond motifs is 3. The molecule has 13 heavy (non-hydrogen) atoms. The molecule has 3 fully saturated rings. The van der Waals surface area contributed by atoms with E-state index in [0.29, 0.717) is 0 Å². The summed E-state index contributed by atoms with van der Waals surface area (Å²) in [6.45, 7) is 0. The zero-order valence-corrected chi connectivity index (χ0v) is 9.33. The first kappa shape index (κ1) is 7.50. The Morgan fingerprint density at radius 2 is 2.08 bits per heavy atom. The van der Waals surface area contributed by atoms with Crippen molar-refractivity contribution in [3.05, 3.63) is 12.2 Å². The number of allylic oxidation sites excluding steroid dienone is 2. The van der Waals surface area contributed by atoms with Gasteiger partial charge in [-0.15, -0.1) is 0 Å². The molecule has 0 radical (unpaired) electrons. The van der Waals surface area contributed by atoms with Crippen LogP contribution in [0.4, 0.5) is 0 Å². The van der Waals surface area contributed by atoms with Gasteiger partial charge in [-0.25, -0.2) is 0 Å². The lowest BCUT2D eigenvalue weighted by Crippen LogP contribution is -2.30. The summed E-state index contributed by atoms with van der Waals surface area (Å²) in [6.07, 6.45) is 11.0. The molecule has 1 heteroatoms. The highest BCUT2D eigenvalue weighted by atomic mass is 79.9. The number of rotatable bonds is 0. The Kier molecular flexibility index (Phi) is 1.20. The standard InChI is InChI=1S/C12H15Br/c13-10-4-9-6-12(9)8-2-1-7(3-8)11(12)5-10/h1-2,7-11H,3-6H2. The van der Waals surface area contributed by atoms with Gasteiger partial charge in [0.25, 0.3) is 0 Å². The topological polar surface area (TPSA) is 0 Å². The summed E-state index contributed by atoms with van der Waals surface area (Å²) in [5.41, 5.74) is 0.837. The second-order valence-electron chi connectivity index (χ2n) is 5.58. The summed E-state index contributed by atoms with van der Waals surface area (Å²) in [7, 11) is 0. The molecule has 0 aromatic heterocycles.